The van der Waals surface area contributed by atoms with E-state index in [0.717, 1.165) is 30.4 Å². The number of aliphatic imine (C=N–C) groups is 1. The van der Waals surface area contributed by atoms with Crippen LogP contribution in [0.4, 0.5) is 10.5 Å². The maximum Gasteiger partial charge on any atom is 0.335 e. The molecule has 1 atom stereocenters. The number of amidine groups is 1. The number of nitrogens with two attached hydrogens (primary N) is 1. The number of nitrogens with one attached hydrogen (secondary N) is 2. The summed E-state index contributed by atoms with van der Waals surface area (Å²) in [6, 6.07) is 20.3. The van der Waals surface area contributed by atoms with Crippen molar-refractivity contribution in [3.63, 3.8) is 0 Å². The molecule has 1 aliphatic heterocycles. The molecule has 57 heavy (non-hydrogen) atoms. The average molecular weight is 800 g/mol. The number of halogens is 1. The second-order valence-electron chi connectivity index (χ2n) is 14.6. The molecule has 0 radical (unpaired) electrons. The molecule has 1 unspecified atom stereocenters. The van der Waals surface area contributed by atoms with Gasteiger partial charge in [-0.3, -0.25) is 14.7 Å². The SMILES string of the molecule is Cc1ccc(C(=O)O)cc1-n1c(C)cc(OCc2ccccc2CNC(=O)NC(C=C(N)C(C)(C)C)=Nc2cccc(OCCOC3CCCCO3)c2)c(Cl)c1=O. The fraction of sp³-hybridized carbons (Fsp3) is 0.349. The van der Waals surface area contributed by atoms with Crippen molar-refractivity contribution in [1.29, 1.82) is 0 Å². The van der Waals surface area contributed by atoms with Gasteiger partial charge in [0.05, 0.1) is 23.5 Å². The summed E-state index contributed by atoms with van der Waals surface area (Å²) < 4.78 is 24.7. The molecule has 2 heterocycles. The van der Waals surface area contributed by atoms with Crippen molar-refractivity contribution in [3.05, 3.63) is 128 Å². The molecule has 302 valence electrons. The number of nitrogens with zero attached hydrogens (tertiary/aromatic N) is 2. The highest BCUT2D eigenvalue weighted by molar-refractivity contribution is 6.31. The van der Waals surface area contributed by atoms with Crippen LogP contribution in [0.1, 0.15) is 72.8 Å². The molecule has 0 spiro atoms. The summed E-state index contributed by atoms with van der Waals surface area (Å²) in [7, 11) is 0. The molecule has 5 rings (SSSR count). The van der Waals surface area contributed by atoms with E-state index in [9.17, 15) is 19.5 Å². The Kier molecular flexibility index (Phi) is 14.5. The molecule has 2 amide bonds. The van der Waals surface area contributed by atoms with Gasteiger partial charge in [-0.2, -0.15) is 0 Å². The van der Waals surface area contributed by atoms with E-state index in [-0.39, 0.29) is 47.0 Å². The van der Waals surface area contributed by atoms with Crippen LogP contribution in [0.5, 0.6) is 11.5 Å². The number of aryl methyl sites for hydroxylation is 2. The minimum Gasteiger partial charge on any atom is -0.491 e. The van der Waals surface area contributed by atoms with Gasteiger partial charge >= 0.3 is 12.0 Å². The number of carboxylic acid groups (broad SMARTS) is 1. The lowest BCUT2D eigenvalue weighted by atomic mass is 9.92. The minimum atomic E-state index is -1.11. The normalized spacial score (nSPS) is 14.9. The lowest BCUT2D eigenvalue weighted by Gasteiger charge is -2.22. The van der Waals surface area contributed by atoms with Gasteiger partial charge in [0.15, 0.2) is 6.29 Å². The maximum absolute atomic E-state index is 13.5. The first-order valence-electron chi connectivity index (χ1n) is 18.7. The van der Waals surface area contributed by atoms with Gasteiger partial charge in [-0.1, -0.05) is 68.8 Å². The molecule has 0 aliphatic carbocycles. The zero-order valence-corrected chi connectivity index (χ0v) is 33.7. The van der Waals surface area contributed by atoms with E-state index in [1.807, 2.05) is 57.2 Å². The summed E-state index contributed by atoms with van der Waals surface area (Å²) >= 11 is 6.54. The van der Waals surface area contributed by atoms with E-state index in [1.165, 1.54) is 16.7 Å². The standard InChI is InChI=1S/C43H50ClN5O8/c1-27-16-17-29(41(51)52)22-34(27)49-28(2)21-35(39(44)40(49)50)57-26-31-12-7-6-11-30(31)25-46-42(53)48-37(24-36(45)43(3,4)5)47-32-13-10-14-33(23-32)54-19-20-56-38-15-8-9-18-55-38/h6-7,10-14,16-17,21-24,38H,8-9,15,18-20,25-26,45H2,1-5H3,(H,51,52)(H2,46,47,48,53). The number of ether oxygens (including phenoxy) is 4. The van der Waals surface area contributed by atoms with Crippen molar-refractivity contribution in [3.8, 4) is 17.2 Å². The Morgan fingerprint density at radius 3 is 2.51 bits per heavy atom. The number of hydrogen-bond donors (Lipinski definition) is 4. The van der Waals surface area contributed by atoms with Gasteiger partial charge in [-0.05, 0) is 74.1 Å². The molecule has 4 aromatic rings. The number of carboxylic acids is 1. The van der Waals surface area contributed by atoms with E-state index in [1.54, 1.807) is 44.2 Å². The van der Waals surface area contributed by atoms with Crippen molar-refractivity contribution >= 4 is 35.1 Å². The van der Waals surface area contributed by atoms with Gasteiger partial charge < -0.3 is 35.1 Å². The topological polar surface area (TPSA) is 176 Å². The smallest absolute Gasteiger partial charge is 0.335 e. The summed E-state index contributed by atoms with van der Waals surface area (Å²) in [4.78, 5) is 43.1. The largest absolute Gasteiger partial charge is 0.491 e. The summed E-state index contributed by atoms with van der Waals surface area (Å²) in [5.74, 6) is -0.109. The number of benzene rings is 3. The summed E-state index contributed by atoms with van der Waals surface area (Å²) in [5, 5.41) is 15.0. The molecule has 1 aliphatic rings. The number of urea groups is 1. The molecule has 0 saturated carbocycles. The monoisotopic (exact) mass is 799 g/mol. The lowest BCUT2D eigenvalue weighted by molar-refractivity contribution is -0.165. The third-order valence-electron chi connectivity index (χ3n) is 9.20. The Balaban J connectivity index is 1.25. The van der Waals surface area contributed by atoms with Crippen LogP contribution in [-0.4, -0.2) is 53.6 Å². The zero-order valence-electron chi connectivity index (χ0n) is 32.9. The van der Waals surface area contributed by atoms with Crippen LogP contribution in [0.15, 0.2) is 94.4 Å². The Bertz CT molecular complexity index is 2190. The number of aromatic nitrogens is 1. The fourth-order valence-electron chi connectivity index (χ4n) is 5.86. The quantitative estimate of drug-likeness (QED) is 0.0565. The molecule has 3 aromatic carbocycles. The van der Waals surface area contributed by atoms with Crippen molar-refractivity contribution in [2.75, 3.05) is 19.8 Å². The van der Waals surface area contributed by atoms with Crippen molar-refractivity contribution < 1.29 is 33.6 Å². The van der Waals surface area contributed by atoms with Crippen LogP contribution in [0.2, 0.25) is 5.02 Å². The Morgan fingerprint density at radius 2 is 1.79 bits per heavy atom. The van der Waals surface area contributed by atoms with Crippen LogP contribution in [0.25, 0.3) is 5.69 Å². The highest BCUT2D eigenvalue weighted by Crippen LogP contribution is 2.27. The van der Waals surface area contributed by atoms with Gasteiger partial charge in [0.2, 0.25) is 0 Å². The first-order chi connectivity index (χ1) is 27.2. The zero-order chi connectivity index (χ0) is 41.1. The van der Waals surface area contributed by atoms with Crippen LogP contribution in [0.3, 0.4) is 0 Å². The maximum atomic E-state index is 13.5. The predicted octanol–water partition coefficient (Wildman–Crippen LogP) is 7.73. The van der Waals surface area contributed by atoms with Crippen molar-refractivity contribution in [2.24, 2.45) is 16.1 Å². The Hall–Kier alpha value is -5.63. The van der Waals surface area contributed by atoms with Gasteiger partial charge in [0, 0.05) is 48.2 Å². The van der Waals surface area contributed by atoms with Gasteiger partial charge in [0.1, 0.15) is 35.6 Å². The van der Waals surface area contributed by atoms with Crippen LogP contribution in [0, 0.1) is 19.3 Å². The molecule has 13 nitrogen and oxygen atoms in total. The molecule has 1 fully saturated rings. The fourth-order valence-corrected chi connectivity index (χ4v) is 6.05. The number of amides is 2. The van der Waals surface area contributed by atoms with E-state index in [2.05, 4.69) is 15.6 Å². The Morgan fingerprint density at radius 1 is 1.02 bits per heavy atom. The number of allylic oxidation sites excluding steroid dienone is 1. The summed E-state index contributed by atoms with van der Waals surface area (Å²) in [5.41, 5.74) is 9.72. The van der Waals surface area contributed by atoms with Crippen LogP contribution in [-0.2, 0) is 22.6 Å². The third kappa shape index (κ3) is 11.9. The molecule has 5 N–H and O–H groups in total. The number of pyridine rings is 1. The van der Waals surface area contributed by atoms with E-state index >= 15 is 0 Å². The second kappa shape index (κ2) is 19.5. The molecular formula is C43H50ClN5O8. The van der Waals surface area contributed by atoms with Gasteiger partial charge in [0.25, 0.3) is 5.56 Å². The van der Waals surface area contributed by atoms with Crippen LogP contribution >= 0.6 is 11.6 Å². The Labute approximate surface area is 337 Å². The first kappa shape index (κ1) is 42.5. The van der Waals surface area contributed by atoms with E-state index in [4.69, 9.17) is 36.3 Å². The number of carbonyl (C=O) groups is 2. The molecule has 1 aromatic heterocycles. The first-order valence-corrected chi connectivity index (χ1v) is 19.1. The average Bonchev–Trinajstić information content (AvgIpc) is 3.17. The second-order valence-corrected chi connectivity index (χ2v) is 15.0. The predicted molar refractivity (Wildman–Crippen MR) is 220 cm³/mol. The highest BCUT2D eigenvalue weighted by Gasteiger charge is 2.19. The molecule has 1 saturated heterocycles. The summed E-state index contributed by atoms with van der Waals surface area (Å²) in [6.07, 6.45) is 4.46. The van der Waals surface area contributed by atoms with E-state index in [0.29, 0.717) is 53.9 Å². The van der Waals surface area contributed by atoms with E-state index < -0.39 is 17.6 Å². The molecule has 0 bridgehead atoms. The lowest BCUT2D eigenvalue weighted by Crippen LogP contribution is -2.39. The third-order valence-corrected chi connectivity index (χ3v) is 9.55. The van der Waals surface area contributed by atoms with Crippen molar-refractivity contribution in [1.82, 2.24) is 15.2 Å². The minimum absolute atomic E-state index is 0.0461. The highest BCUT2D eigenvalue weighted by atomic mass is 35.5. The molecular weight excluding hydrogens is 750 g/mol. The number of aromatic carboxylic acids is 1. The van der Waals surface area contributed by atoms with Gasteiger partial charge in [-0.25, -0.2) is 14.6 Å². The van der Waals surface area contributed by atoms with Gasteiger partial charge in [-0.15, -0.1) is 0 Å². The summed E-state index contributed by atoms with van der Waals surface area (Å²) in [6.45, 7) is 11.0. The van der Waals surface area contributed by atoms with Crippen LogP contribution < -0.4 is 31.4 Å². The number of carbonyl (C=O) groups excluding carboxylic acids is 1. The number of hydrogen-bond acceptors (Lipinski definition) is 9. The van der Waals surface area contributed by atoms with Crippen molar-refractivity contribution in [2.45, 2.75) is 73.3 Å². The number of rotatable bonds is 14. The molecule has 14 heteroatoms.